The highest BCUT2D eigenvalue weighted by molar-refractivity contribution is 6.30. The Bertz CT molecular complexity index is 1470. The Morgan fingerprint density at radius 3 is 2.28 bits per heavy atom. The van der Waals surface area contributed by atoms with Gasteiger partial charge in [-0.2, -0.15) is 13.2 Å². The molecule has 2 aromatic carbocycles. The standard InChI is InChI=1S/C23H21ClF3N7O2/c1-13-4-3-5-14(2)18(13)34-21(19(28)35)29-17(30-34)12-33-22(36)32(11-10-23(25,26)27)20(31-33)15-6-8-16(24)9-7-15/h3-9H,10-12H2,1-2H3,(H2,28,35). The van der Waals surface area contributed by atoms with Crippen molar-refractivity contribution in [3.8, 4) is 17.1 Å². The third-order valence-electron chi connectivity index (χ3n) is 5.46. The van der Waals surface area contributed by atoms with Gasteiger partial charge in [0.05, 0.1) is 12.1 Å². The number of benzene rings is 2. The molecule has 9 nitrogen and oxygen atoms in total. The largest absolute Gasteiger partial charge is 0.390 e. The van der Waals surface area contributed by atoms with E-state index in [4.69, 9.17) is 17.3 Å². The second-order valence-corrected chi connectivity index (χ2v) is 8.59. The Morgan fingerprint density at radius 2 is 1.69 bits per heavy atom. The first kappa shape index (κ1) is 25.2. The Balaban J connectivity index is 1.78. The van der Waals surface area contributed by atoms with E-state index in [9.17, 15) is 22.8 Å². The fourth-order valence-electron chi connectivity index (χ4n) is 3.81. The molecule has 0 bridgehead atoms. The summed E-state index contributed by atoms with van der Waals surface area (Å²) in [4.78, 5) is 29.3. The summed E-state index contributed by atoms with van der Waals surface area (Å²) in [5, 5.41) is 9.03. The molecule has 1 amide bonds. The van der Waals surface area contributed by atoms with Gasteiger partial charge in [0.1, 0.15) is 6.54 Å². The third-order valence-corrected chi connectivity index (χ3v) is 5.71. The lowest BCUT2D eigenvalue weighted by Crippen LogP contribution is -2.27. The van der Waals surface area contributed by atoms with Crippen LogP contribution in [0.25, 0.3) is 17.1 Å². The number of carbonyl (C=O) groups is 1. The van der Waals surface area contributed by atoms with Gasteiger partial charge in [-0.1, -0.05) is 29.8 Å². The molecule has 0 fully saturated rings. The summed E-state index contributed by atoms with van der Waals surface area (Å²) in [6, 6.07) is 11.7. The van der Waals surface area contributed by atoms with Gasteiger partial charge >= 0.3 is 11.9 Å². The van der Waals surface area contributed by atoms with Crippen LogP contribution in [0.4, 0.5) is 13.2 Å². The van der Waals surface area contributed by atoms with E-state index >= 15 is 0 Å². The highest BCUT2D eigenvalue weighted by atomic mass is 35.5. The third kappa shape index (κ3) is 5.18. The molecular formula is C23H21ClF3N7O2. The van der Waals surface area contributed by atoms with Gasteiger partial charge in [0.2, 0.25) is 5.82 Å². The van der Waals surface area contributed by atoms with Crippen LogP contribution in [0, 0.1) is 13.8 Å². The van der Waals surface area contributed by atoms with Crippen LogP contribution in [0.1, 0.15) is 34.0 Å². The highest BCUT2D eigenvalue weighted by Gasteiger charge is 2.29. The van der Waals surface area contributed by atoms with Crippen molar-refractivity contribution in [2.24, 2.45) is 5.73 Å². The average Bonchev–Trinajstić information content (AvgIpc) is 3.34. The number of amides is 1. The zero-order valence-corrected chi connectivity index (χ0v) is 20.0. The second kappa shape index (κ2) is 9.61. The highest BCUT2D eigenvalue weighted by Crippen LogP contribution is 2.24. The molecule has 0 aliphatic heterocycles. The molecule has 0 saturated carbocycles. The minimum absolute atomic E-state index is 0.0326. The van der Waals surface area contributed by atoms with Crippen LogP contribution < -0.4 is 11.4 Å². The first-order chi connectivity index (χ1) is 16.9. The molecule has 0 unspecified atom stereocenters. The van der Waals surface area contributed by atoms with Gasteiger partial charge in [-0.05, 0) is 49.2 Å². The van der Waals surface area contributed by atoms with Crippen LogP contribution in [-0.4, -0.2) is 41.2 Å². The van der Waals surface area contributed by atoms with Gasteiger partial charge in [0.25, 0.3) is 5.91 Å². The van der Waals surface area contributed by atoms with Gasteiger partial charge in [0, 0.05) is 17.1 Å². The molecule has 0 atom stereocenters. The first-order valence-electron chi connectivity index (χ1n) is 10.8. The molecule has 2 aromatic heterocycles. The lowest BCUT2D eigenvalue weighted by atomic mass is 10.1. The number of nitrogens with two attached hydrogens (primary N) is 1. The van der Waals surface area contributed by atoms with Crippen molar-refractivity contribution in [3.05, 3.63) is 80.7 Å². The second-order valence-electron chi connectivity index (χ2n) is 8.16. The SMILES string of the molecule is Cc1cccc(C)c1-n1nc(Cn2nc(-c3ccc(Cl)cc3)n(CCC(F)(F)F)c2=O)nc1C(N)=O. The molecule has 0 aliphatic carbocycles. The van der Waals surface area contributed by atoms with Crippen LogP contribution in [0.15, 0.2) is 47.3 Å². The van der Waals surface area contributed by atoms with Crippen molar-refractivity contribution in [2.75, 3.05) is 0 Å². The minimum Gasteiger partial charge on any atom is -0.363 e. The summed E-state index contributed by atoms with van der Waals surface area (Å²) in [5.41, 5.74) is 7.37. The number of halogens is 4. The van der Waals surface area contributed by atoms with Gasteiger partial charge in [-0.15, -0.1) is 10.2 Å². The van der Waals surface area contributed by atoms with E-state index in [0.29, 0.717) is 16.3 Å². The van der Waals surface area contributed by atoms with Gasteiger partial charge < -0.3 is 5.73 Å². The fourth-order valence-corrected chi connectivity index (χ4v) is 3.93. The van der Waals surface area contributed by atoms with Gasteiger partial charge in [0.15, 0.2) is 11.6 Å². The van der Waals surface area contributed by atoms with E-state index in [1.807, 2.05) is 32.0 Å². The van der Waals surface area contributed by atoms with Crippen LogP contribution in [0.5, 0.6) is 0 Å². The Labute approximate surface area is 207 Å². The molecule has 4 rings (SSSR count). The lowest BCUT2D eigenvalue weighted by Gasteiger charge is -2.10. The van der Waals surface area contributed by atoms with E-state index in [1.54, 1.807) is 24.3 Å². The molecule has 188 valence electrons. The minimum atomic E-state index is -4.47. The molecule has 0 saturated heterocycles. The van der Waals surface area contributed by atoms with Crippen molar-refractivity contribution < 1.29 is 18.0 Å². The summed E-state index contributed by atoms with van der Waals surface area (Å²) in [5.74, 6) is -0.909. The normalized spacial score (nSPS) is 11.7. The summed E-state index contributed by atoms with van der Waals surface area (Å²) in [6.45, 7) is 2.74. The van der Waals surface area contributed by atoms with E-state index in [0.717, 1.165) is 20.4 Å². The molecule has 4 aromatic rings. The van der Waals surface area contributed by atoms with Gasteiger partial charge in [-0.3, -0.25) is 9.36 Å². The predicted molar refractivity (Wildman–Crippen MR) is 126 cm³/mol. The number of carbonyl (C=O) groups excluding carboxylic acids is 1. The number of aryl methyl sites for hydroxylation is 2. The van der Waals surface area contributed by atoms with Crippen molar-refractivity contribution in [1.82, 2.24) is 29.1 Å². The zero-order valence-electron chi connectivity index (χ0n) is 19.3. The number of rotatable bonds is 7. The van der Waals surface area contributed by atoms with Crippen molar-refractivity contribution in [1.29, 1.82) is 0 Å². The molecule has 36 heavy (non-hydrogen) atoms. The van der Waals surface area contributed by atoms with E-state index in [1.165, 1.54) is 4.68 Å². The summed E-state index contributed by atoms with van der Waals surface area (Å²) in [6.07, 6.45) is -5.69. The van der Waals surface area contributed by atoms with E-state index < -0.39 is 30.7 Å². The molecule has 2 N–H and O–H groups in total. The molecule has 2 heterocycles. The average molecular weight is 520 g/mol. The maximum Gasteiger partial charge on any atom is 0.390 e. The smallest absolute Gasteiger partial charge is 0.363 e. The summed E-state index contributed by atoms with van der Waals surface area (Å²) in [7, 11) is 0. The van der Waals surface area contributed by atoms with Crippen LogP contribution in [0.3, 0.4) is 0 Å². The molecular weight excluding hydrogens is 499 g/mol. The Hall–Kier alpha value is -3.93. The summed E-state index contributed by atoms with van der Waals surface area (Å²) >= 11 is 5.92. The van der Waals surface area contributed by atoms with Crippen molar-refractivity contribution in [2.45, 2.75) is 39.5 Å². The van der Waals surface area contributed by atoms with E-state index in [2.05, 4.69) is 15.2 Å². The van der Waals surface area contributed by atoms with Crippen molar-refractivity contribution in [3.63, 3.8) is 0 Å². The number of alkyl halides is 3. The maximum absolute atomic E-state index is 13.1. The number of aromatic nitrogens is 6. The maximum atomic E-state index is 13.1. The molecule has 0 spiro atoms. The van der Waals surface area contributed by atoms with Crippen molar-refractivity contribution >= 4 is 17.5 Å². The van der Waals surface area contributed by atoms with E-state index in [-0.39, 0.29) is 24.0 Å². The van der Waals surface area contributed by atoms with Crippen LogP contribution in [-0.2, 0) is 13.1 Å². The summed E-state index contributed by atoms with van der Waals surface area (Å²) < 4.78 is 42.0. The molecule has 13 heteroatoms. The molecule has 0 aliphatic rings. The quantitative estimate of drug-likeness (QED) is 0.400. The predicted octanol–water partition coefficient (Wildman–Crippen LogP) is 3.66. The number of nitrogens with zero attached hydrogens (tertiary/aromatic N) is 6. The number of hydrogen-bond donors (Lipinski definition) is 1. The molecule has 0 radical (unpaired) electrons. The number of hydrogen-bond acceptors (Lipinski definition) is 5. The Morgan fingerprint density at radius 1 is 1.06 bits per heavy atom. The number of primary amides is 1. The first-order valence-corrected chi connectivity index (χ1v) is 11.1. The number of para-hydroxylation sites is 1. The van der Waals surface area contributed by atoms with Gasteiger partial charge in [-0.25, -0.2) is 19.1 Å². The monoisotopic (exact) mass is 519 g/mol. The fraction of sp³-hybridized carbons (Fsp3) is 0.261. The zero-order chi connectivity index (χ0) is 26.2. The topological polar surface area (TPSA) is 114 Å². The van der Waals surface area contributed by atoms with Crippen LogP contribution >= 0.6 is 11.6 Å². The lowest BCUT2D eigenvalue weighted by molar-refractivity contribution is -0.136. The van der Waals surface area contributed by atoms with Crippen LogP contribution in [0.2, 0.25) is 5.02 Å². The Kier molecular flexibility index (Phi) is 6.72.